The van der Waals surface area contributed by atoms with Crippen molar-refractivity contribution in [2.75, 3.05) is 0 Å². The van der Waals surface area contributed by atoms with Gasteiger partial charge in [0.25, 0.3) is 0 Å². The van der Waals surface area contributed by atoms with E-state index in [9.17, 15) is 18.0 Å². The molecule has 1 heterocycles. The van der Waals surface area contributed by atoms with E-state index in [1.807, 2.05) is 0 Å². The van der Waals surface area contributed by atoms with E-state index in [4.69, 9.17) is 9.15 Å². The minimum absolute atomic E-state index is 0.000431. The fourth-order valence-electron chi connectivity index (χ4n) is 2.92. The number of carbonyl (C=O) groups is 2. The third-order valence-corrected chi connectivity index (χ3v) is 5.90. The Labute approximate surface area is 157 Å². The van der Waals surface area contributed by atoms with Crippen molar-refractivity contribution in [2.24, 2.45) is 0 Å². The molecule has 2 aromatic rings. The lowest BCUT2D eigenvalue weighted by Gasteiger charge is -2.21. The van der Waals surface area contributed by atoms with Crippen molar-refractivity contribution in [1.29, 1.82) is 0 Å². The van der Waals surface area contributed by atoms with Gasteiger partial charge in [0.1, 0.15) is 5.76 Å². The van der Waals surface area contributed by atoms with Gasteiger partial charge in [0.15, 0.2) is 11.9 Å². The molecule has 27 heavy (non-hydrogen) atoms. The molecule has 0 aliphatic heterocycles. The molecule has 0 unspecified atom stereocenters. The number of Topliss-reactive ketones (excluding diaryl/α,β-unsaturated/α-hetero) is 1. The summed E-state index contributed by atoms with van der Waals surface area (Å²) in [5.41, 5.74) is 0.711. The van der Waals surface area contributed by atoms with Gasteiger partial charge in [-0.15, -0.1) is 0 Å². The number of nitrogens with one attached hydrogen (secondary N) is 1. The Hall–Kier alpha value is -2.45. The number of hydrogen-bond donors (Lipinski definition) is 1. The van der Waals surface area contributed by atoms with Crippen LogP contribution in [-0.2, 0) is 26.1 Å². The molecule has 1 aliphatic rings. The van der Waals surface area contributed by atoms with Gasteiger partial charge in [-0.3, -0.25) is 4.79 Å². The summed E-state index contributed by atoms with van der Waals surface area (Å²) in [6.07, 6.45) is 3.25. The summed E-state index contributed by atoms with van der Waals surface area (Å²) in [6.45, 7) is 1.69. The highest BCUT2D eigenvalue weighted by Gasteiger charge is 2.27. The molecular weight excluding hydrogens is 370 g/mol. The molecule has 1 aliphatic carbocycles. The van der Waals surface area contributed by atoms with Gasteiger partial charge in [-0.2, -0.15) is 0 Å². The Kier molecular flexibility index (Phi) is 5.76. The van der Waals surface area contributed by atoms with Crippen molar-refractivity contribution in [2.45, 2.75) is 50.2 Å². The van der Waals surface area contributed by atoms with Crippen molar-refractivity contribution in [3.63, 3.8) is 0 Å². The standard InChI is InChI=1S/C19H21NO6S/c1-13-8-9-15(27(23,24)20-12-14-5-4-10-25-14)11-16(13)19(22)26-18-7-3-2-6-17(18)21/h4-5,8-11,18,20H,2-3,6-7,12H2,1H3/t18-/m0/s1. The van der Waals surface area contributed by atoms with Gasteiger partial charge in [-0.05, 0) is 56.0 Å². The van der Waals surface area contributed by atoms with Gasteiger partial charge in [0.05, 0.1) is 23.3 Å². The number of rotatable bonds is 6. The number of carbonyl (C=O) groups excluding carboxylic acids is 2. The SMILES string of the molecule is Cc1ccc(S(=O)(=O)NCc2ccco2)cc1C(=O)O[C@H]1CCCCC1=O. The molecule has 1 saturated carbocycles. The first-order chi connectivity index (χ1) is 12.9. The van der Waals surface area contributed by atoms with Crippen molar-refractivity contribution in [3.05, 3.63) is 53.5 Å². The molecule has 0 bridgehead atoms. The molecule has 1 N–H and O–H groups in total. The maximum atomic E-state index is 12.5. The second-order valence-corrected chi connectivity index (χ2v) is 8.25. The van der Waals surface area contributed by atoms with Crippen LogP contribution in [-0.4, -0.2) is 26.3 Å². The summed E-state index contributed by atoms with van der Waals surface area (Å²) in [7, 11) is -3.84. The molecule has 1 atom stereocenters. The molecular formula is C19H21NO6S. The topological polar surface area (TPSA) is 103 Å². The van der Waals surface area contributed by atoms with Crippen LogP contribution < -0.4 is 4.72 Å². The smallest absolute Gasteiger partial charge is 0.339 e. The van der Waals surface area contributed by atoms with Gasteiger partial charge >= 0.3 is 5.97 Å². The number of sulfonamides is 1. The molecule has 0 saturated heterocycles. The normalized spacial score (nSPS) is 17.7. The lowest BCUT2D eigenvalue weighted by molar-refractivity contribution is -0.129. The highest BCUT2D eigenvalue weighted by Crippen LogP contribution is 2.21. The lowest BCUT2D eigenvalue weighted by atomic mass is 9.96. The van der Waals surface area contributed by atoms with Crippen molar-refractivity contribution in [3.8, 4) is 0 Å². The van der Waals surface area contributed by atoms with Crippen LogP contribution in [0, 0.1) is 6.92 Å². The minimum atomic E-state index is -3.84. The van der Waals surface area contributed by atoms with Gasteiger partial charge in [-0.25, -0.2) is 17.9 Å². The fourth-order valence-corrected chi connectivity index (χ4v) is 3.94. The molecule has 1 fully saturated rings. The second kappa shape index (κ2) is 8.06. The Balaban J connectivity index is 1.76. The summed E-state index contributed by atoms with van der Waals surface area (Å²) < 4.78 is 37.9. The number of ether oxygens (including phenoxy) is 1. The van der Waals surface area contributed by atoms with E-state index >= 15 is 0 Å². The Morgan fingerprint density at radius 2 is 2.11 bits per heavy atom. The number of furan rings is 1. The molecule has 144 valence electrons. The maximum absolute atomic E-state index is 12.5. The van der Waals surface area contributed by atoms with Crippen LogP contribution in [0.5, 0.6) is 0 Å². The second-order valence-electron chi connectivity index (χ2n) is 6.49. The molecule has 1 aromatic heterocycles. The molecule has 0 spiro atoms. The number of benzene rings is 1. The summed E-state index contributed by atoms with van der Waals surface area (Å²) >= 11 is 0. The zero-order valence-electron chi connectivity index (χ0n) is 14.9. The lowest BCUT2D eigenvalue weighted by Crippen LogP contribution is -2.30. The molecule has 1 aromatic carbocycles. The number of ketones is 1. The molecule has 7 nitrogen and oxygen atoms in total. The number of aryl methyl sites for hydroxylation is 1. The van der Waals surface area contributed by atoms with Crippen molar-refractivity contribution in [1.82, 2.24) is 4.72 Å². The Morgan fingerprint density at radius 1 is 1.30 bits per heavy atom. The van der Waals surface area contributed by atoms with Gasteiger partial charge in [-0.1, -0.05) is 6.07 Å². The predicted octanol–water partition coefficient (Wildman–Crippen LogP) is 2.74. The van der Waals surface area contributed by atoms with Gasteiger partial charge < -0.3 is 9.15 Å². The fraction of sp³-hybridized carbons (Fsp3) is 0.368. The van der Waals surface area contributed by atoms with E-state index in [-0.39, 0.29) is 22.8 Å². The van der Waals surface area contributed by atoms with Crippen molar-refractivity contribution < 1.29 is 27.2 Å². The average molecular weight is 391 g/mol. The predicted molar refractivity (Wildman–Crippen MR) is 96.6 cm³/mol. The average Bonchev–Trinajstić information content (AvgIpc) is 3.16. The van der Waals surface area contributed by atoms with Crippen LogP contribution in [0.1, 0.15) is 47.4 Å². The van der Waals surface area contributed by atoms with Gasteiger partial charge in [0.2, 0.25) is 10.0 Å². The minimum Gasteiger partial charge on any atom is -0.468 e. The van der Waals surface area contributed by atoms with Crippen LogP contribution in [0.2, 0.25) is 0 Å². The molecule has 3 rings (SSSR count). The van der Waals surface area contributed by atoms with Crippen LogP contribution in [0.4, 0.5) is 0 Å². The zero-order chi connectivity index (χ0) is 19.4. The largest absolute Gasteiger partial charge is 0.468 e. The van der Waals surface area contributed by atoms with E-state index in [1.54, 1.807) is 25.1 Å². The number of esters is 1. The molecule has 8 heteroatoms. The van der Waals surface area contributed by atoms with Crippen LogP contribution in [0.15, 0.2) is 45.9 Å². The first kappa shape index (κ1) is 19.3. The van der Waals surface area contributed by atoms with E-state index in [1.165, 1.54) is 18.4 Å². The summed E-state index contributed by atoms with van der Waals surface area (Å²) in [6, 6.07) is 7.55. The zero-order valence-corrected chi connectivity index (χ0v) is 15.8. The highest BCUT2D eigenvalue weighted by molar-refractivity contribution is 7.89. The summed E-state index contributed by atoms with van der Waals surface area (Å²) in [4.78, 5) is 24.3. The van der Waals surface area contributed by atoms with E-state index in [0.29, 0.717) is 24.2 Å². The molecule has 0 radical (unpaired) electrons. The van der Waals surface area contributed by atoms with Crippen LogP contribution in [0.25, 0.3) is 0 Å². The summed E-state index contributed by atoms with van der Waals surface area (Å²) in [5, 5.41) is 0. The quantitative estimate of drug-likeness (QED) is 0.760. The van der Waals surface area contributed by atoms with E-state index in [2.05, 4.69) is 4.72 Å². The van der Waals surface area contributed by atoms with E-state index in [0.717, 1.165) is 12.8 Å². The monoisotopic (exact) mass is 391 g/mol. The number of hydrogen-bond acceptors (Lipinski definition) is 6. The van der Waals surface area contributed by atoms with Crippen molar-refractivity contribution >= 4 is 21.8 Å². The summed E-state index contributed by atoms with van der Waals surface area (Å²) in [5.74, 6) is -0.298. The van der Waals surface area contributed by atoms with Crippen LogP contribution >= 0.6 is 0 Å². The Bertz CT molecular complexity index is 933. The first-order valence-electron chi connectivity index (χ1n) is 8.73. The van der Waals surface area contributed by atoms with Gasteiger partial charge in [0, 0.05) is 6.42 Å². The first-order valence-corrected chi connectivity index (χ1v) is 10.2. The Morgan fingerprint density at radius 3 is 2.81 bits per heavy atom. The maximum Gasteiger partial charge on any atom is 0.339 e. The third kappa shape index (κ3) is 4.64. The molecule has 0 amide bonds. The van der Waals surface area contributed by atoms with Crippen LogP contribution in [0.3, 0.4) is 0 Å². The van der Waals surface area contributed by atoms with E-state index < -0.39 is 22.1 Å². The third-order valence-electron chi connectivity index (χ3n) is 4.50. The highest BCUT2D eigenvalue weighted by atomic mass is 32.2.